The van der Waals surface area contributed by atoms with Gasteiger partial charge in [0.25, 0.3) is 0 Å². The Morgan fingerprint density at radius 3 is 2.57 bits per heavy atom. The van der Waals surface area contributed by atoms with E-state index >= 15 is 0 Å². The lowest BCUT2D eigenvalue weighted by Gasteiger charge is -2.13. The van der Waals surface area contributed by atoms with E-state index in [9.17, 15) is 4.79 Å². The highest BCUT2D eigenvalue weighted by Gasteiger charge is 2.17. The second kappa shape index (κ2) is 9.54. The maximum Gasteiger partial charge on any atom is 0.334 e. The maximum atomic E-state index is 13.6. The van der Waals surface area contributed by atoms with Crippen molar-refractivity contribution in [3.63, 3.8) is 0 Å². The van der Waals surface area contributed by atoms with Crippen LogP contribution in [0.5, 0.6) is 0 Å². The number of tetrazole rings is 1. The summed E-state index contributed by atoms with van der Waals surface area (Å²) in [6.45, 7) is 6.81. The van der Waals surface area contributed by atoms with Crippen LogP contribution in [0.4, 0.5) is 0 Å². The van der Waals surface area contributed by atoms with Crippen molar-refractivity contribution in [1.82, 2.24) is 39.3 Å². The summed E-state index contributed by atoms with van der Waals surface area (Å²) in [5.74, 6) is 1.50. The number of pyridine rings is 1. The molecule has 0 bridgehead atoms. The molecule has 0 saturated carbocycles. The lowest BCUT2D eigenvalue weighted by molar-refractivity contribution is 0.583. The van der Waals surface area contributed by atoms with Crippen molar-refractivity contribution in [3.05, 3.63) is 89.0 Å². The molecule has 0 radical (unpaired) electrons. The Labute approximate surface area is 203 Å². The van der Waals surface area contributed by atoms with Crippen LogP contribution >= 0.6 is 0 Å². The van der Waals surface area contributed by atoms with Crippen molar-refractivity contribution >= 4 is 0 Å². The van der Waals surface area contributed by atoms with Crippen LogP contribution in [0, 0.1) is 0 Å². The molecular weight excluding hydrogens is 440 g/mol. The zero-order valence-corrected chi connectivity index (χ0v) is 20.1. The van der Waals surface area contributed by atoms with Crippen LogP contribution in [0.3, 0.4) is 0 Å². The average molecular weight is 469 g/mol. The highest BCUT2D eigenvalue weighted by atomic mass is 16.1. The highest BCUT2D eigenvalue weighted by Crippen LogP contribution is 2.26. The summed E-state index contributed by atoms with van der Waals surface area (Å²) >= 11 is 0. The van der Waals surface area contributed by atoms with Gasteiger partial charge in [0.05, 0.1) is 6.54 Å². The molecule has 0 saturated heterocycles. The molecule has 5 rings (SSSR count). The number of aromatic amines is 1. The molecule has 0 spiro atoms. The lowest BCUT2D eigenvalue weighted by Crippen LogP contribution is -2.26. The first kappa shape index (κ1) is 22.5. The number of hydrogen-bond donors (Lipinski definition) is 1. The van der Waals surface area contributed by atoms with Crippen LogP contribution in [-0.4, -0.2) is 39.3 Å². The molecule has 0 atom stereocenters. The van der Waals surface area contributed by atoms with Crippen LogP contribution in [0.25, 0.3) is 28.3 Å². The van der Waals surface area contributed by atoms with E-state index in [1.165, 1.54) is 0 Å². The van der Waals surface area contributed by atoms with Crippen molar-refractivity contribution in [3.8, 4) is 28.3 Å². The number of aromatic nitrogens is 8. The largest absolute Gasteiger partial charge is 0.334 e. The molecule has 4 heterocycles. The van der Waals surface area contributed by atoms with Gasteiger partial charge in [0.1, 0.15) is 5.82 Å². The number of nitrogens with zero attached hydrogens (tertiary/aromatic N) is 7. The number of H-pyrrole nitrogens is 1. The van der Waals surface area contributed by atoms with Gasteiger partial charge in [0, 0.05) is 42.1 Å². The van der Waals surface area contributed by atoms with Crippen LogP contribution in [-0.2, 0) is 13.0 Å². The molecule has 1 N–H and O–H groups in total. The van der Waals surface area contributed by atoms with Gasteiger partial charge >= 0.3 is 5.69 Å². The summed E-state index contributed by atoms with van der Waals surface area (Å²) in [6.07, 6.45) is 9.40. The molecule has 0 unspecified atom stereocenters. The second-order valence-corrected chi connectivity index (χ2v) is 8.84. The van der Waals surface area contributed by atoms with Gasteiger partial charge < -0.3 is 4.57 Å². The minimum absolute atomic E-state index is 0.0444. The fraction of sp³-hybridized carbons (Fsp3) is 0.269. The van der Waals surface area contributed by atoms with Crippen LogP contribution < -0.4 is 5.69 Å². The fourth-order valence-electron chi connectivity index (χ4n) is 4.44. The van der Waals surface area contributed by atoms with E-state index in [4.69, 9.17) is 0 Å². The molecular formula is C26H28N8O. The van der Waals surface area contributed by atoms with Gasteiger partial charge in [-0.15, -0.1) is 5.10 Å². The number of imidazole rings is 1. The van der Waals surface area contributed by atoms with E-state index in [0.29, 0.717) is 12.4 Å². The first-order valence-electron chi connectivity index (χ1n) is 11.8. The predicted molar refractivity (Wildman–Crippen MR) is 134 cm³/mol. The third-order valence-electron chi connectivity index (χ3n) is 6.17. The van der Waals surface area contributed by atoms with Crippen molar-refractivity contribution < 1.29 is 0 Å². The molecule has 35 heavy (non-hydrogen) atoms. The van der Waals surface area contributed by atoms with Crippen molar-refractivity contribution in [1.29, 1.82) is 0 Å². The summed E-state index contributed by atoms with van der Waals surface area (Å²) in [5, 5.41) is 14.0. The normalized spacial score (nSPS) is 11.4. The Bertz CT molecular complexity index is 1470. The van der Waals surface area contributed by atoms with E-state index in [1.54, 1.807) is 10.8 Å². The Morgan fingerprint density at radius 2 is 1.86 bits per heavy atom. The van der Waals surface area contributed by atoms with Crippen molar-refractivity contribution in [2.24, 2.45) is 0 Å². The molecule has 0 aliphatic rings. The van der Waals surface area contributed by atoms with Crippen LogP contribution in [0.15, 0.2) is 72.0 Å². The molecule has 0 aliphatic carbocycles. The first-order valence-corrected chi connectivity index (χ1v) is 11.8. The van der Waals surface area contributed by atoms with Gasteiger partial charge in [-0.3, -0.25) is 14.1 Å². The van der Waals surface area contributed by atoms with Gasteiger partial charge in [-0.1, -0.05) is 37.6 Å². The van der Waals surface area contributed by atoms with Crippen LogP contribution in [0.2, 0.25) is 0 Å². The number of benzene rings is 1. The minimum atomic E-state index is -0.0444. The standard InChI is InChI=1S/C26H28N8O/c1-4-6-22-17-34(24-7-5-14-32(24)18(2)3)26(35)33(22)16-21-15-27-13-12-23(21)19-8-10-20(11-9-19)25-28-30-31-29-25/h5,7-15,17-18H,4,6,16H2,1-3H3,(H,28,29,30,31). The Morgan fingerprint density at radius 1 is 1.06 bits per heavy atom. The first-order chi connectivity index (χ1) is 17.1. The van der Waals surface area contributed by atoms with Gasteiger partial charge in [-0.2, -0.15) is 0 Å². The smallest absolute Gasteiger partial charge is 0.332 e. The molecule has 0 aliphatic heterocycles. The zero-order valence-electron chi connectivity index (χ0n) is 20.1. The summed E-state index contributed by atoms with van der Waals surface area (Å²) in [5.41, 5.74) is 4.93. The van der Waals surface area contributed by atoms with Gasteiger partial charge in [-0.25, -0.2) is 9.89 Å². The molecule has 0 amide bonds. The molecule has 1 aromatic carbocycles. The number of aryl methyl sites for hydroxylation is 1. The molecule has 9 heteroatoms. The number of rotatable bonds is 8. The van der Waals surface area contributed by atoms with E-state index in [0.717, 1.165) is 46.6 Å². The lowest BCUT2D eigenvalue weighted by atomic mass is 10.00. The molecule has 0 fully saturated rings. The monoisotopic (exact) mass is 468 g/mol. The highest BCUT2D eigenvalue weighted by molar-refractivity contribution is 5.69. The third-order valence-corrected chi connectivity index (χ3v) is 6.17. The SMILES string of the molecule is CCCc1cn(-c2cccn2C(C)C)c(=O)n1Cc1cnccc1-c1ccc(-c2nnn[nH]2)cc1. The summed E-state index contributed by atoms with van der Waals surface area (Å²) in [7, 11) is 0. The average Bonchev–Trinajstić information content (AvgIpc) is 3.62. The van der Waals surface area contributed by atoms with E-state index in [1.807, 2.05) is 65.6 Å². The van der Waals surface area contributed by atoms with Crippen LogP contribution in [0.1, 0.15) is 44.5 Å². The van der Waals surface area contributed by atoms with Gasteiger partial charge in [0.2, 0.25) is 0 Å². The summed E-state index contributed by atoms with van der Waals surface area (Å²) in [6, 6.07) is 14.2. The number of nitrogens with one attached hydrogen (secondary N) is 1. The minimum Gasteiger partial charge on any atom is -0.332 e. The Hall–Kier alpha value is -4.27. The van der Waals surface area contributed by atoms with Gasteiger partial charge in [-0.05, 0) is 65.6 Å². The fourth-order valence-corrected chi connectivity index (χ4v) is 4.44. The van der Waals surface area contributed by atoms with E-state index in [2.05, 4.69) is 50.9 Å². The van der Waals surface area contributed by atoms with E-state index < -0.39 is 0 Å². The van der Waals surface area contributed by atoms with Crippen molar-refractivity contribution in [2.75, 3.05) is 0 Å². The molecule has 9 nitrogen and oxygen atoms in total. The van der Waals surface area contributed by atoms with E-state index in [-0.39, 0.29) is 11.7 Å². The Balaban J connectivity index is 1.53. The maximum absolute atomic E-state index is 13.6. The zero-order chi connectivity index (χ0) is 24.4. The third kappa shape index (κ3) is 4.32. The predicted octanol–water partition coefficient (Wildman–Crippen LogP) is 4.26. The molecule has 178 valence electrons. The topological polar surface area (TPSA) is 99.2 Å². The molecule has 5 aromatic rings. The quantitative estimate of drug-likeness (QED) is 0.367. The summed E-state index contributed by atoms with van der Waals surface area (Å²) < 4.78 is 5.75. The second-order valence-electron chi connectivity index (χ2n) is 8.84. The molecule has 4 aromatic heterocycles. The summed E-state index contributed by atoms with van der Waals surface area (Å²) in [4.78, 5) is 18.0. The number of hydrogen-bond acceptors (Lipinski definition) is 5. The van der Waals surface area contributed by atoms with Crippen molar-refractivity contribution in [2.45, 2.75) is 46.2 Å². The van der Waals surface area contributed by atoms with Gasteiger partial charge in [0.15, 0.2) is 5.82 Å². The Kier molecular flexibility index (Phi) is 6.13.